The van der Waals surface area contributed by atoms with Crippen LogP contribution in [0.2, 0.25) is 5.02 Å². The molecule has 0 atom stereocenters. The summed E-state index contributed by atoms with van der Waals surface area (Å²) in [6, 6.07) is 3.12. The Hall–Kier alpha value is -1.76. The smallest absolute Gasteiger partial charge is 0.378 e. The van der Waals surface area contributed by atoms with Crippen molar-refractivity contribution in [3.05, 3.63) is 40.7 Å². The summed E-state index contributed by atoms with van der Waals surface area (Å²) in [5.74, 6) is 0. The second-order valence-corrected chi connectivity index (χ2v) is 4.34. The van der Waals surface area contributed by atoms with Crippen molar-refractivity contribution >= 4 is 17.3 Å². The van der Waals surface area contributed by atoms with E-state index in [4.69, 9.17) is 11.6 Å². The Morgan fingerprint density at radius 1 is 1.37 bits per heavy atom. The fourth-order valence-electron chi connectivity index (χ4n) is 1.50. The summed E-state index contributed by atoms with van der Waals surface area (Å²) < 4.78 is 39.2. The van der Waals surface area contributed by atoms with Gasteiger partial charge in [0.25, 0.3) is 0 Å². The van der Waals surface area contributed by atoms with Crippen LogP contribution in [0.5, 0.6) is 0 Å². The number of aryl methyl sites for hydroxylation is 1. The Labute approximate surface area is 112 Å². The number of hydrogen-bond donors (Lipinski definition) is 1. The van der Waals surface area contributed by atoms with Crippen LogP contribution in [0.15, 0.2) is 24.4 Å². The summed E-state index contributed by atoms with van der Waals surface area (Å²) in [5.41, 5.74) is 0.0664. The van der Waals surface area contributed by atoms with E-state index in [1.165, 1.54) is 10.7 Å². The Morgan fingerprint density at radius 3 is 2.68 bits per heavy atom. The molecule has 0 saturated carbocycles. The van der Waals surface area contributed by atoms with Crippen molar-refractivity contribution in [2.75, 3.05) is 5.32 Å². The SMILES string of the molecule is Cn1cc(CNc2cc(C(F)(F)F)ccc2Cl)nn1. The minimum Gasteiger partial charge on any atom is -0.378 e. The summed E-state index contributed by atoms with van der Waals surface area (Å²) in [6.45, 7) is 0.245. The van der Waals surface area contributed by atoms with Crippen LogP contribution in [0.3, 0.4) is 0 Å². The first-order valence-electron chi connectivity index (χ1n) is 5.32. The lowest BCUT2D eigenvalue weighted by Crippen LogP contribution is -2.07. The minimum absolute atomic E-state index is 0.210. The van der Waals surface area contributed by atoms with Crippen molar-refractivity contribution in [2.45, 2.75) is 12.7 Å². The van der Waals surface area contributed by atoms with E-state index in [1.54, 1.807) is 13.2 Å². The summed E-state index contributed by atoms with van der Waals surface area (Å²) in [6.07, 6.45) is -2.73. The maximum absolute atomic E-state index is 12.6. The molecule has 0 bridgehead atoms. The van der Waals surface area contributed by atoms with Gasteiger partial charge in [-0.1, -0.05) is 16.8 Å². The summed E-state index contributed by atoms with van der Waals surface area (Å²) in [4.78, 5) is 0. The van der Waals surface area contributed by atoms with E-state index in [1.807, 2.05) is 0 Å². The molecule has 102 valence electrons. The topological polar surface area (TPSA) is 42.7 Å². The van der Waals surface area contributed by atoms with Crippen molar-refractivity contribution in [1.29, 1.82) is 0 Å². The van der Waals surface area contributed by atoms with Crippen molar-refractivity contribution in [1.82, 2.24) is 15.0 Å². The van der Waals surface area contributed by atoms with E-state index in [9.17, 15) is 13.2 Å². The predicted octanol–water partition coefficient (Wildman–Crippen LogP) is 3.10. The molecule has 1 aromatic carbocycles. The number of benzene rings is 1. The molecule has 1 heterocycles. The highest BCUT2D eigenvalue weighted by molar-refractivity contribution is 6.33. The molecule has 1 aromatic heterocycles. The summed E-state index contributed by atoms with van der Waals surface area (Å²) >= 11 is 5.85. The predicted molar refractivity (Wildman–Crippen MR) is 64.8 cm³/mol. The first-order chi connectivity index (χ1) is 8.86. The van der Waals surface area contributed by atoms with Gasteiger partial charge in [-0.2, -0.15) is 13.2 Å². The van der Waals surface area contributed by atoms with Crippen LogP contribution < -0.4 is 5.32 Å². The van der Waals surface area contributed by atoms with Gasteiger partial charge in [0.15, 0.2) is 0 Å². The van der Waals surface area contributed by atoms with Crippen LogP contribution in [0.4, 0.5) is 18.9 Å². The summed E-state index contributed by atoms with van der Waals surface area (Å²) in [7, 11) is 1.70. The van der Waals surface area contributed by atoms with Crippen molar-refractivity contribution < 1.29 is 13.2 Å². The number of rotatable bonds is 3. The lowest BCUT2D eigenvalue weighted by atomic mass is 10.2. The average Bonchev–Trinajstić information content (AvgIpc) is 2.72. The molecule has 2 aromatic rings. The minimum atomic E-state index is -4.40. The van der Waals surface area contributed by atoms with Crippen LogP contribution in [0.25, 0.3) is 0 Å². The third-order valence-electron chi connectivity index (χ3n) is 2.40. The van der Waals surface area contributed by atoms with E-state index < -0.39 is 11.7 Å². The molecule has 0 unspecified atom stereocenters. The molecule has 0 spiro atoms. The van der Waals surface area contributed by atoms with E-state index >= 15 is 0 Å². The van der Waals surface area contributed by atoms with Gasteiger partial charge in [0.2, 0.25) is 0 Å². The molecule has 2 rings (SSSR count). The molecule has 4 nitrogen and oxygen atoms in total. The van der Waals surface area contributed by atoms with Crippen molar-refractivity contribution in [3.8, 4) is 0 Å². The van der Waals surface area contributed by atoms with Gasteiger partial charge in [-0.25, -0.2) is 0 Å². The molecule has 1 N–H and O–H groups in total. The highest BCUT2D eigenvalue weighted by Crippen LogP contribution is 2.33. The van der Waals surface area contributed by atoms with Crippen LogP contribution in [0, 0.1) is 0 Å². The third kappa shape index (κ3) is 3.37. The zero-order valence-corrected chi connectivity index (χ0v) is 10.6. The summed E-state index contributed by atoms with van der Waals surface area (Å²) in [5, 5.41) is 10.6. The van der Waals surface area contributed by atoms with Crippen LogP contribution >= 0.6 is 11.6 Å². The third-order valence-corrected chi connectivity index (χ3v) is 2.73. The van der Waals surface area contributed by atoms with Crippen LogP contribution in [0.1, 0.15) is 11.3 Å². The first-order valence-corrected chi connectivity index (χ1v) is 5.70. The number of aromatic nitrogens is 3. The molecule has 0 fully saturated rings. The van der Waals surface area contributed by atoms with Gasteiger partial charge in [-0.3, -0.25) is 4.68 Å². The molecular weight excluding hydrogens is 281 g/mol. The molecule has 0 aliphatic rings. The highest BCUT2D eigenvalue weighted by Gasteiger charge is 2.30. The van der Waals surface area contributed by atoms with Gasteiger partial charge >= 0.3 is 6.18 Å². The number of anilines is 1. The number of nitrogens with zero attached hydrogens (tertiary/aromatic N) is 3. The largest absolute Gasteiger partial charge is 0.416 e. The van der Waals surface area contributed by atoms with Gasteiger partial charge in [0.05, 0.1) is 22.8 Å². The normalized spacial score (nSPS) is 11.6. The zero-order valence-electron chi connectivity index (χ0n) is 9.87. The molecular formula is C11H10ClF3N4. The van der Waals surface area contributed by atoms with E-state index in [-0.39, 0.29) is 17.3 Å². The second kappa shape index (κ2) is 5.08. The quantitative estimate of drug-likeness (QED) is 0.944. The Morgan fingerprint density at radius 2 is 2.11 bits per heavy atom. The highest BCUT2D eigenvalue weighted by atomic mass is 35.5. The maximum atomic E-state index is 12.6. The average molecular weight is 291 g/mol. The molecule has 0 aliphatic carbocycles. The second-order valence-electron chi connectivity index (χ2n) is 3.93. The molecule has 8 heteroatoms. The van der Waals surface area contributed by atoms with E-state index in [0.29, 0.717) is 5.69 Å². The Bertz CT molecular complexity index is 580. The van der Waals surface area contributed by atoms with Crippen molar-refractivity contribution in [2.24, 2.45) is 7.05 Å². The van der Waals surface area contributed by atoms with Crippen LogP contribution in [-0.2, 0) is 19.8 Å². The monoisotopic (exact) mass is 290 g/mol. The van der Waals surface area contributed by atoms with Crippen molar-refractivity contribution in [3.63, 3.8) is 0 Å². The lowest BCUT2D eigenvalue weighted by molar-refractivity contribution is -0.137. The zero-order chi connectivity index (χ0) is 14.0. The fraction of sp³-hybridized carbons (Fsp3) is 0.273. The molecule has 0 radical (unpaired) electrons. The lowest BCUT2D eigenvalue weighted by Gasteiger charge is -2.11. The van der Waals surface area contributed by atoms with Gasteiger partial charge in [-0.05, 0) is 18.2 Å². The molecule has 0 amide bonds. The van der Waals surface area contributed by atoms with Crippen LogP contribution in [-0.4, -0.2) is 15.0 Å². The van der Waals surface area contributed by atoms with Gasteiger partial charge < -0.3 is 5.32 Å². The Balaban J connectivity index is 2.15. The maximum Gasteiger partial charge on any atom is 0.416 e. The first kappa shape index (κ1) is 13.7. The molecule has 0 aliphatic heterocycles. The fourth-order valence-corrected chi connectivity index (χ4v) is 1.68. The number of halogens is 4. The van der Waals surface area contributed by atoms with E-state index in [2.05, 4.69) is 15.6 Å². The van der Waals surface area contributed by atoms with Gasteiger partial charge in [0.1, 0.15) is 5.69 Å². The standard InChI is InChI=1S/C11H10ClF3N4/c1-19-6-8(17-18-19)5-16-10-4-7(11(13,14)15)2-3-9(10)12/h2-4,6,16H,5H2,1H3. The Kier molecular flexibility index (Phi) is 3.66. The van der Waals surface area contributed by atoms with Gasteiger partial charge in [-0.15, -0.1) is 5.10 Å². The molecule has 19 heavy (non-hydrogen) atoms. The number of alkyl halides is 3. The van der Waals surface area contributed by atoms with E-state index in [0.717, 1.165) is 12.1 Å². The van der Waals surface area contributed by atoms with Gasteiger partial charge in [0, 0.05) is 13.2 Å². The number of nitrogens with one attached hydrogen (secondary N) is 1. The number of hydrogen-bond acceptors (Lipinski definition) is 3. The molecule has 0 saturated heterocycles.